The first-order valence-corrected chi connectivity index (χ1v) is 6.97. The lowest BCUT2D eigenvalue weighted by Crippen LogP contribution is -2.24. The second-order valence-corrected chi connectivity index (χ2v) is 5.48. The van der Waals surface area contributed by atoms with Crippen molar-refractivity contribution in [2.75, 3.05) is 5.32 Å². The lowest BCUT2D eigenvalue weighted by Gasteiger charge is -2.08. The average Bonchev–Trinajstić information content (AvgIpc) is 2.37. The van der Waals surface area contributed by atoms with Crippen LogP contribution >= 0.6 is 15.9 Å². The predicted octanol–water partition coefficient (Wildman–Crippen LogP) is 2.47. The zero-order valence-electron chi connectivity index (χ0n) is 11.5. The number of benzene rings is 1. The highest BCUT2D eigenvalue weighted by Gasteiger charge is 2.13. The molecule has 0 fully saturated rings. The van der Waals surface area contributed by atoms with E-state index in [0.29, 0.717) is 16.0 Å². The van der Waals surface area contributed by atoms with E-state index in [1.54, 1.807) is 19.9 Å². The van der Waals surface area contributed by atoms with Crippen molar-refractivity contribution in [3.63, 3.8) is 0 Å². The number of amides is 1. The third-order valence-corrected chi connectivity index (χ3v) is 3.38. The van der Waals surface area contributed by atoms with E-state index in [-0.39, 0.29) is 23.2 Å². The Balaban J connectivity index is 2.18. The van der Waals surface area contributed by atoms with E-state index in [2.05, 4.69) is 31.2 Å². The Bertz CT molecular complexity index is 758. The summed E-state index contributed by atoms with van der Waals surface area (Å²) in [7, 11) is 0. The van der Waals surface area contributed by atoms with E-state index < -0.39 is 11.7 Å². The van der Waals surface area contributed by atoms with Crippen molar-refractivity contribution in [3.05, 3.63) is 55.9 Å². The van der Waals surface area contributed by atoms with E-state index in [0.717, 1.165) is 0 Å². The van der Waals surface area contributed by atoms with Crippen LogP contribution in [0.2, 0.25) is 0 Å². The van der Waals surface area contributed by atoms with Gasteiger partial charge in [-0.2, -0.15) is 0 Å². The molecule has 21 heavy (non-hydrogen) atoms. The molecule has 1 amide bonds. The van der Waals surface area contributed by atoms with Crippen LogP contribution in [0, 0.1) is 19.7 Å². The van der Waals surface area contributed by atoms with Crippen LogP contribution in [0.1, 0.15) is 17.1 Å². The van der Waals surface area contributed by atoms with Gasteiger partial charge in [-0.1, -0.05) is 15.9 Å². The fourth-order valence-corrected chi connectivity index (χ4v) is 2.24. The van der Waals surface area contributed by atoms with Gasteiger partial charge in [0.05, 0.1) is 12.1 Å². The van der Waals surface area contributed by atoms with Crippen molar-refractivity contribution >= 4 is 27.5 Å². The van der Waals surface area contributed by atoms with E-state index in [1.807, 2.05) is 0 Å². The van der Waals surface area contributed by atoms with Gasteiger partial charge in [-0.15, -0.1) is 0 Å². The topological polar surface area (TPSA) is 74.8 Å². The molecule has 0 aliphatic carbocycles. The summed E-state index contributed by atoms with van der Waals surface area (Å²) in [6.07, 6.45) is -0.163. The standard InChI is InChI=1S/C14H13BrFN3O2/c1-7-10(14(21)18-8(2)17-7)6-13(20)19-12-4-3-9(15)5-11(12)16/h3-5H,6H2,1-2H3,(H,19,20)(H,17,18,21). The van der Waals surface area contributed by atoms with Gasteiger partial charge >= 0.3 is 0 Å². The van der Waals surface area contributed by atoms with Crippen molar-refractivity contribution in [2.45, 2.75) is 20.3 Å². The third-order valence-electron chi connectivity index (χ3n) is 2.88. The molecule has 2 aromatic rings. The number of H-pyrrole nitrogens is 1. The zero-order chi connectivity index (χ0) is 15.6. The highest BCUT2D eigenvalue weighted by Crippen LogP contribution is 2.19. The maximum atomic E-state index is 13.6. The number of nitrogens with one attached hydrogen (secondary N) is 2. The summed E-state index contributed by atoms with van der Waals surface area (Å²) in [6, 6.07) is 4.31. The Morgan fingerprint density at radius 1 is 1.43 bits per heavy atom. The summed E-state index contributed by atoms with van der Waals surface area (Å²) in [4.78, 5) is 30.4. The molecule has 0 atom stereocenters. The molecule has 1 aromatic carbocycles. The summed E-state index contributed by atoms with van der Waals surface area (Å²) < 4.78 is 14.2. The number of rotatable bonds is 3. The number of hydrogen-bond donors (Lipinski definition) is 2. The Kier molecular flexibility index (Phi) is 4.52. The summed E-state index contributed by atoms with van der Waals surface area (Å²) in [5, 5.41) is 2.44. The first-order chi connectivity index (χ1) is 9.86. The minimum atomic E-state index is -0.551. The number of halogens is 2. The van der Waals surface area contributed by atoms with Crippen LogP contribution in [0.5, 0.6) is 0 Å². The van der Waals surface area contributed by atoms with E-state index in [4.69, 9.17) is 0 Å². The van der Waals surface area contributed by atoms with Gasteiger partial charge < -0.3 is 10.3 Å². The molecule has 0 aliphatic rings. The second-order valence-electron chi connectivity index (χ2n) is 4.56. The molecule has 0 saturated heterocycles. The van der Waals surface area contributed by atoms with Gasteiger partial charge in [0.2, 0.25) is 5.91 Å². The maximum Gasteiger partial charge on any atom is 0.254 e. The van der Waals surface area contributed by atoms with Gasteiger partial charge in [0, 0.05) is 15.7 Å². The number of aromatic amines is 1. The summed E-state index contributed by atoms with van der Waals surface area (Å²) in [5.41, 5.74) is 0.474. The molecule has 0 unspecified atom stereocenters. The molecule has 0 aliphatic heterocycles. The molecule has 5 nitrogen and oxygen atoms in total. The monoisotopic (exact) mass is 353 g/mol. The number of carbonyl (C=O) groups is 1. The second kappa shape index (κ2) is 6.17. The van der Waals surface area contributed by atoms with Crippen LogP contribution in [0.3, 0.4) is 0 Å². The van der Waals surface area contributed by atoms with Gasteiger partial charge in [-0.05, 0) is 32.0 Å². The highest BCUT2D eigenvalue weighted by molar-refractivity contribution is 9.10. The molecule has 1 heterocycles. The van der Waals surface area contributed by atoms with Gasteiger partial charge in [0.1, 0.15) is 11.6 Å². The van der Waals surface area contributed by atoms with Crippen molar-refractivity contribution in [1.82, 2.24) is 9.97 Å². The van der Waals surface area contributed by atoms with Gasteiger partial charge in [0.25, 0.3) is 5.56 Å². The first kappa shape index (κ1) is 15.4. The number of aryl methyl sites for hydroxylation is 2. The molecule has 0 saturated carbocycles. The molecule has 7 heteroatoms. The quantitative estimate of drug-likeness (QED) is 0.889. The minimum absolute atomic E-state index is 0.0670. The van der Waals surface area contributed by atoms with E-state index >= 15 is 0 Å². The molecule has 2 N–H and O–H groups in total. The Labute approximate surface area is 128 Å². The Hall–Kier alpha value is -2.02. The van der Waals surface area contributed by atoms with Gasteiger partial charge in [0.15, 0.2) is 0 Å². The number of nitrogens with zero attached hydrogens (tertiary/aromatic N) is 1. The fourth-order valence-electron chi connectivity index (χ4n) is 1.91. The first-order valence-electron chi connectivity index (χ1n) is 6.18. The predicted molar refractivity (Wildman–Crippen MR) is 80.8 cm³/mol. The SMILES string of the molecule is Cc1nc(C)c(CC(=O)Nc2ccc(Br)cc2F)c(=O)[nH]1. The number of hydrogen-bond acceptors (Lipinski definition) is 3. The zero-order valence-corrected chi connectivity index (χ0v) is 13.0. The number of carbonyl (C=O) groups excluding carboxylic acids is 1. The van der Waals surface area contributed by atoms with Crippen LogP contribution in [0.25, 0.3) is 0 Å². The van der Waals surface area contributed by atoms with Gasteiger partial charge in [-0.3, -0.25) is 9.59 Å². The maximum absolute atomic E-state index is 13.6. The van der Waals surface area contributed by atoms with Crippen LogP contribution in [-0.4, -0.2) is 15.9 Å². The highest BCUT2D eigenvalue weighted by atomic mass is 79.9. The summed E-state index contributed by atoms with van der Waals surface area (Å²) >= 11 is 3.14. The van der Waals surface area contributed by atoms with E-state index in [9.17, 15) is 14.0 Å². The van der Waals surface area contributed by atoms with Crippen LogP contribution in [0.15, 0.2) is 27.5 Å². The Morgan fingerprint density at radius 2 is 2.14 bits per heavy atom. The lowest BCUT2D eigenvalue weighted by atomic mass is 10.1. The summed E-state index contributed by atoms with van der Waals surface area (Å²) in [5.74, 6) is -0.540. The lowest BCUT2D eigenvalue weighted by molar-refractivity contribution is -0.115. The molecular formula is C14H13BrFN3O2. The molecule has 1 aromatic heterocycles. The molecule has 0 bridgehead atoms. The molecule has 2 rings (SSSR count). The van der Waals surface area contributed by atoms with Crippen molar-refractivity contribution < 1.29 is 9.18 Å². The van der Waals surface area contributed by atoms with E-state index in [1.165, 1.54) is 12.1 Å². The minimum Gasteiger partial charge on any atom is -0.323 e. The third kappa shape index (κ3) is 3.75. The average molecular weight is 354 g/mol. The molecule has 0 spiro atoms. The molecule has 110 valence electrons. The number of anilines is 1. The largest absolute Gasteiger partial charge is 0.323 e. The Morgan fingerprint density at radius 3 is 2.76 bits per heavy atom. The van der Waals surface area contributed by atoms with Crippen molar-refractivity contribution in [2.24, 2.45) is 0 Å². The van der Waals surface area contributed by atoms with Crippen LogP contribution in [0.4, 0.5) is 10.1 Å². The normalized spacial score (nSPS) is 10.5. The fraction of sp³-hybridized carbons (Fsp3) is 0.214. The molecular weight excluding hydrogens is 341 g/mol. The van der Waals surface area contributed by atoms with Crippen molar-refractivity contribution in [1.29, 1.82) is 0 Å². The molecule has 0 radical (unpaired) electrons. The smallest absolute Gasteiger partial charge is 0.254 e. The van der Waals surface area contributed by atoms with Crippen molar-refractivity contribution in [3.8, 4) is 0 Å². The number of aromatic nitrogens is 2. The summed E-state index contributed by atoms with van der Waals surface area (Å²) in [6.45, 7) is 3.32. The van der Waals surface area contributed by atoms with Crippen LogP contribution < -0.4 is 10.9 Å². The van der Waals surface area contributed by atoms with Crippen LogP contribution in [-0.2, 0) is 11.2 Å². The van der Waals surface area contributed by atoms with Gasteiger partial charge in [-0.25, -0.2) is 9.37 Å².